The molecule has 0 bridgehead atoms. The van der Waals surface area contributed by atoms with Crippen LogP contribution in [0.2, 0.25) is 10.6 Å². The minimum absolute atomic E-state index is 0.819. The maximum Gasteiger partial charge on any atom is 0.306 e. The minimum atomic E-state index is -0.848. The van der Waals surface area contributed by atoms with Crippen LogP contribution in [0.3, 0.4) is 0 Å². The van der Waals surface area contributed by atoms with E-state index in [0.717, 1.165) is 18.3 Å². The van der Waals surface area contributed by atoms with Gasteiger partial charge in [-0.15, -0.1) is 4.44 Å². The van der Waals surface area contributed by atoms with Crippen molar-refractivity contribution in [2.24, 2.45) is 11.8 Å². The van der Waals surface area contributed by atoms with Crippen LogP contribution in [-0.4, -0.2) is 14.1 Å². The van der Waals surface area contributed by atoms with Crippen molar-refractivity contribution in [1.29, 1.82) is 0 Å². The van der Waals surface area contributed by atoms with Crippen LogP contribution in [0.5, 0.6) is 0 Å². The van der Waals surface area contributed by atoms with Crippen LogP contribution in [0.15, 0.2) is 36.4 Å². The smallest absolute Gasteiger partial charge is 0.107 e. The van der Waals surface area contributed by atoms with Crippen molar-refractivity contribution in [1.82, 2.24) is 0 Å². The molecule has 1 heteroatoms. The molecule has 0 saturated carbocycles. The van der Waals surface area contributed by atoms with Gasteiger partial charge in [-0.05, 0) is 12.0 Å². The molecule has 0 aliphatic heterocycles. The van der Waals surface area contributed by atoms with E-state index in [1.807, 2.05) is 0 Å². The van der Waals surface area contributed by atoms with Gasteiger partial charge in [0, 0.05) is 0 Å². The molecule has 0 nitrogen and oxygen atoms in total. The maximum atomic E-state index is 2.50. The molecule has 0 radical (unpaired) electrons. The van der Waals surface area contributed by atoms with E-state index in [4.69, 9.17) is 0 Å². The monoisotopic (exact) mass is 272 g/mol. The zero-order valence-electron chi connectivity index (χ0n) is 13.3. The topological polar surface area (TPSA) is 0 Å². The first-order valence-electron chi connectivity index (χ1n) is 7.80. The molecule has 0 saturated heterocycles. The van der Waals surface area contributed by atoms with Crippen molar-refractivity contribution in [2.45, 2.75) is 51.6 Å². The zero-order valence-corrected chi connectivity index (χ0v) is 14.5. The molecule has 0 unspecified atom stereocenters. The lowest BCUT2D eigenvalue weighted by atomic mass is 10.2. The molecule has 19 heavy (non-hydrogen) atoms. The third kappa shape index (κ3) is 5.98. The van der Waals surface area contributed by atoms with Crippen LogP contribution in [0.1, 0.15) is 46.6 Å². The van der Waals surface area contributed by atoms with E-state index in [2.05, 4.69) is 71.0 Å². The summed E-state index contributed by atoms with van der Waals surface area (Å²) in [7, 11) is 0. The molecule has 0 aromatic heterocycles. The third-order valence-electron chi connectivity index (χ3n) is 3.48. The Hall–Kier alpha value is -0.508. The highest BCUT2D eigenvalue weighted by molar-refractivity contribution is 6.79. The fourth-order valence-electron chi connectivity index (χ4n) is 2.86. The molecular formula is C18H29Al. The van der Waals surface area contributed by atoms with Gasteiger partial charge >= 0.3 is 14.1 Å². The van der Waals surface area contributed by atoms with Crippen molar-refractivity contribution < 1.29 is 0 Å². The molecule has 0 heterocycles. The highest BCUT2D eigenvalue weighted by Gasteiger charge is 2.25. The highest BCUT2D eigenvalue weighted by atomic mass is 27.2. The zero-order chi connectivity index (χ0) is 14.3. The Morgan fingerprint density at radius 3 is 1.95 bits per heavy atom. The van der Waals surface area contributed by atoms with Gasteiger partial charge in [-0.2, -0.15) is 0 Å². The number of benzene rings is 1. The summed E-state index contributed by atoms with van der Waals surface area (Å²) in [5.74, 6) is 1.64. The quantitative estimate of drug-likeness (QED) is 0.548. The summed E-state index contributed by atoms with van der Waals surface area (Å²) in [6.45, 7) is 11.7. The van der Waals surface area contributed by atoms with Gasteiger partial charge in [-0.3, -0.25) is 0 Å². The fraction of sp³-hybridized carbons (Fsp3) is 0.556. The number of hydrogen-bond donors (Lipinski definition) is 0. The van der Waals surface area contributed by atoms with Crippen molar-refractivity contribution in [3.05, 3.63) is 42.0 Å². The second-order valence-electron chi connectivity index (χ2n) is 6.39. The number of hydrogen-bond acceptors (Lipinski definition) is 0. The van der Waals surface area contributed by atoms with E-state index in [0.29, 0.717) is 0 Å². The molecule has 0 aliphatic carbocycles. The number of allylic oxidation sites excluding steroid dienone is 1. The lowest BCUT2D eigenvalue weighted by molar-refractivity contribution is 0.695. The molecule has 1 aromatic carbocycles. The Morgan fingerprint density at radius 2 is 1.53 bits per heavy atom. The second-order valence-corrected chi connectivity index (χ2v) is 9.35. The van der Waals surface area contributed by atoms with Crippen LogP contribution in [0, 0.1) is 11.8 Å². The summed E-state index contributed by atoms with van der Waals surface area (Å²) in [6.07, 6.45) is 3.65. The van der Waals surface area contributed by atoms with Gasteiger partial charge in [0.05, 0.1) is 0 Å². The first-order chi connectivity index (χ1) is 9.04. The van der Waals surface area contributed by atoms with Crippen LogP contribution in [-0.2, 0) is 0 Å². The lowest BCUT2D eigenvalue weighted by Crippen LogP contribution is -2.20. The van der Waals surface area contributed by atoms with Crippen LogP contribution in [0.4, 0.5) is 0 Å². The van der Waals surface area contributed by atoms with Gasteiger partial charge in [0.2, 0.25) is 0 Å². The van der Waals surface area contributed by atoms with Crippen LogP contribution >= 0.6 is 0 Å². The summed E-state index contributed by atoms with van der Waals surface area (Å²) < 4.78 is 1.70. The Kier molecular flexibility index (Phi) is 7.51. The van der Waals surface area contributed by atoms with Gasteiger partial charge in [-0.25, -0.2) is 0 Å². The van der Waals surface area contributed by atoms with Crippen LogP contribution in [0.25, 0.3) is 4.44 Å². The summed E-state index contributed by atoms with van der Waals surface area (Å²) >= 11 is -0.848. The SMILES string of the molecule is CC/C=[C](\c1ccccc1)[Al]([CH2]C(C)C)[CH2]C(C)C. The Labute approximate surface area is 124 Å². The first kappa shape index (κ1) is 16.5. The number of rotatable bonds is 7. The standard InChI is InChI=1S/C10H11.2C4H9.Al/c1-2-3-7-10-8-5-4-6-9-10;2*1-4(2)3;/h3-6,8-9H,2H2,1H3;2*4H,1H2,2-3H3;. The lowest BCUT2D eigenvalue weighted by Gasteiger charge is -2.20. The van der Waals surface area contributed by atoms with E-state index >= 15 is 0 Å². The second kappa shape index (κ2) is 8.62. The summed E-state index contributed by atoms with van der Waals surface area (Å²) in [4.78, 5) is 0. The van der Waals surface area contributed by atoms with Crippen molar-refractivity contribution in [2.75, 3.05) is 0 Å². The predicted molar refractivity (Wildman–Crippen MR) is 89.8 cm³/mol. The molecular weight excluding hydrogens is 243 g/mol. The molecule has 1 aromatic rings. The van der Waals surface area contributed by atoms with E-state index < -0.39 is 14.1 Å². The Bertz CT molecular complexity index is 366. The molecule has 0 fully saturated rings. The molecule has 0 aliphatic rings. The van der Waals surface area contributed by atoms with Crippen molar-refractivity contribution >= 4 is 18.6 Å². The largest absolute Gasteiger partial charge is 0.306 e. The predicted octanol–water partition coefficient (Wildman–Crippen LogP) is 5.83. The summed E-state index contributed by atoms with van der Waals surface area (Å²) in [5, 5.41) is 2.86. The van der Waals surface area contributed by atoms with E-state index in [9.17, 15) is 0 Å². The third-order valence-corrected chi connectivity index (χ3v) is 7.96. The maximum absolute atomic E-state index is 2.50. The first-order valence-corrected chi connectivity index (χ1v) is 10.0. The van der Waals surface area contributed by atoms with Crippen LogP contribution < -0.4 is 0 Å². The van der Waals surface area contributed by atoms with Gasteiger partial charge in [-0.1, -0.05) is 93.4 Å². The van der Waals surface area contributed by atoms with Gasteiger partial charge in [0.15, 0.2) is 0 Å². The normalized spacial score (nSPS) is 12.3. The Balaban J connectivity index is 3.02. The van der Waals surface area contributed by atoms with Crippen molar-refractivity contribution in [3.63, 3.8) is 0 Å². The average Bonchev–Trinajstić information content (AvgIpc) is 2.35. The van der Waals surface area contributed by atoms with E-state index in [-0.39, 0.29) is 0 Å². The molecule has 0 atom stereocenters. The van der Waals surface area contributed by atoms with Gasteiger partial charge in [0.1, 0.15) is 0 Å². The molecule has 1 rings (SSSR count). The van der Waals surface area contributed by atoms with E-state index in [1.165, 1.54) is 16.1 Å². The fourth-order valence-corrected chi connectivity index (χ4v) is 7.07. The Morgan fingerprint density at radius 1 is 1.00 bits per heavy atom. The summed E-state index contributed by atoms with van der Waals surface area (Å²) in [5.41, 5.74) is 1.47. The van der Waals surface area contributed by atoms with E-state index in [1.54, 1.807) is 4.44 Å². The minimum Gasteiger partial charge on any atom is -0.107 e. The molecule has 0 N–H and O–H groups in total. The summed E-state index contributed by atoms with van der Waals surface area (Å²) in [6, 6.07) is 11.1. The van der Waals surface area contributed by atoms with Crippen molar-refractivity contribution in [3.8, 4) is 0 Å². The van der Waals surface area contributed by atoms with Gasteiger partial charge in [0.25, 0.3) is 0 Å². The average molecular weight is 272 g/mol. The van der Waals surface area contributed by atoms with Gasteiger partial charge < -0.3 is 0 Å². The highest BCUT2D eigenvalue weighted by Crippen LogP contribution is 2.28. The molecule has 104 valence electrons. The molecule has 0 amide bonds. The molecule has 0 spiro atoms.